The molecule has 1 saturated heterocycles. The number of methoxy groups -OCH3 is 1. The van der Waals surface area contributed by atoms with Gasteiger partial charge in [-0.2, -0.15) is 5.10 Å². The molecule has 2 aromatic rings. The number of fused-ring (bicyclic) bond motifs is 1. The van der Waals surface area contributed by atoms with Crippen molar-refractivity contribution in [1.82, 2.24) is 14.6 Å². The first kappa shape index (κ1) is 15.0. The van der Waals surface area contributed by atoms with Gasteiger partial charge in [0.25, 0.3) is 0 Å². The Hall–Kier alpha value is -1.93. The number of rotatable bonds is 2. The molecule has 0 unspecified atom stereocenters. The third kappa shape index (κ3) is 2.19. The minimum Gasteiger partial charge on any atom is -0.465 e. The van der Waals surface area contributed by atoms with Gasteiger partial charge in [-0.15, -0.1) is 0 Å². The van der Waals surface area contributed by atoms with Crippen LogP contribution in [0.15, 0.2) is 18.6 Å². The molecule has 8 heteroatoms. The van der Waals surface area contributed by atoms with Crippen molar-refractivity contribution in [3.63, 3.8) is 0 Å². The van der Waals surface area contributed by atoms with Crippen LogP contribution in [0.1, 0.15) is 38.1 Å². The van der Waals surface area contributed by atoms with Crippen LogP contribution in [0.4, 0.5) is 0 Å². The van der Waals surface area contributed by atoms with Crippen molar-refractivity contribution >= 4 is 24.2 Å². The van der Waals surface area contributed by atoms with E-state index in [0.29, 0.717) is 16.7 Å². The molecular formula is C14H18BN3O4. The highest BCUT2D eigenvalue weighted by molar-refractivity contribution is 6.62. The average molecular weight is 303 g/mol. The molecule has 2 aromatic heterocycles. The molecule has 1 aliphatic rings. The van der Waals surface area contributed by atoms with E-state index in [1.807, 2.05) is 27.7 Å². The maximum atomic E-state index is 12.0. The molecule has 0 spiro atoms. The average Bonchev–Trinajstić information content (AvgIpc) is 2.99. The van der Waals surface area contributed by atoms with E-state index in [1.54, 1.807) is 12.3 Å². The predicted molar refractivity (Wildman–Crippen MR) is 80.0 cm³/mol. The molecule has 7 nitrogen and oxygen atoms in total. The summed E-state index contributed by atoms with van der Waals surface area (Å²) < 4.78 is 18.3. The summed E-state index contributed by atoms with van der Waals surface area (Å²) >= 11 is 0. The van der Waals surface area contributed by atoms with Crippen LogP contribution in [0.2, 0.25) is 0 Å². The number of carbonyl (C=O) groups excluding carboxylic acids is 1. The van der Waals surface area contributed by atoms with Gasteiger partial charge in [0.2, 0.25) is 0 Å². The Balaban J connectivity index is 2.07. The standard InChI is InChI=1S/C14H18BN3O4/c1-13(2)14(3,4)22-15(21-13)9-6-10(12(19)20-5)11-16-8-17-18(11)7-9/h6-8H,1-5H3. The lowest BCUT2D eigenvalue weighted by molar-refractivity contribution is 0.00578. The van der Waals surface area contributed by atoms with Crippen LogP contribution < -0.4 is 5.46 Å². The maximum absolute atomic E-state index is 12.0. The third-order valence-corrected chi connectivity index (χ3v) is 4.33. The molecule has 0 aromatic carbocycles. The van der Waals surface area contributed by atoms with Crippen LogP contribution >= 0.6 is 0 Å². The molecule has 0 amide bonds. The van der Waals surface area contributed by atoms with Gasteiger partial charge in [0.15, 0.2) is 5.65 Å². The first-order valence-corrected chi connectivity index (χ1v) is 7.02. The number of hydrogen-bond donors (Lipinski definition) is 0. The minimum absolute atomic E-state index is 0.326. The Bertz CT molecular complexity index is 725. The lowest BCUT2D eigenvalue weighted by Crippen LogP contribution is -2.41. The van der Waals surface area contributed by atoms with E-state index in [9.17, 15) is 4.79 Å². The number of aromatic nitrogens is 3. The molecule has 0 aliphatic carbocycles. The van der Waals surface area contributed by atoms with Gasteiger partial charge in [0.1, 0.15) is 11.9 Å². The molecule has 1 aliphatic heterocycles. The van der Waals surface area contributed by atoms with Crippen molar-refractivity contribution in [3.05, 3.63) is 24.2 Å². The van der Waals surface area contributed by atoms with Gasteiger partial charge >= 0.3 is 13.1 Å². The Morgan fingerprint density at radius 1 is 1.27 bits per heavy atom. The molecule has 22 heavy (non-hydrogen) atoms. The summed E-state index contributed by atoms with van der Waals surface area (Å²) in [7, 11) is 0.749. The fourth-order valence-electron chi connectivity index (χ4n) is 2.32. The zero-order valence-corrected chi connectivity index (χ0v) is 13.3. The van der Waals surface area contributed by atoms with E-state index in [1.165, 1.54) is 18.0 Å². The minimum atomic E-state index is -0.581. The first-order valence-electron chi connectivity index (χ1n) is 7.02. The summed E-state index contributed by atoms with van der Waals surface area (Å²) in [5.74, 6) is -0.476. The number of ether oxygens (including phenoxy) is 1. The summed E-state index contributed by atoms with van der Waals surface area (Å²) in [5.41, 5.74) is 0.539. The summed E-state index contributed by atoms with van der Waals surface area (Å²) in [4.78, 5) is 16.0. The Kier molecular flexibility index (Phi) is 3.26. The van der Waals surface area contributed by atoms with Gasteiger partial charge in [-0.1, -0.05) is 0 Å². The summed E-state index contributed by atoms with van der Waals surface area (Å²) in [6.07, 6.45) is 3.13. The van der Waals surface area contributed by atoms with Crippen molar-refractivity contribution < 1.29 is 18.8 Å². The van der Waals surface area contributed by atoms with Crippen molar-refractivity contribution in [2.24, 2.45) is 0 Å². The van der Waals surface area contributed by atoms with Crippen LogP contribution in [0, 0.1) is 0 Å². The predicted octanol–water partition coefficient (Wildman–Crippen LogP) is 0.815. The number of carbonyl (C=O) groups is 1. The Morgan fingerprint density at radius 3 is 2.50 bits per heavy atom. The fraction of sp³-hybridized carbons (Fsp3) is 0.500. The van der Waals surface area contributed by atoms with Crippen LogP contribution in [-0.2, 0) is 14.0 Å². The maximum Gasteiger partial charge on any atom is 0.496 e. The van der Waals surface area contributed by atoms with Gasteiger partial charge in [0, 0.05) is 11.7 Å². The summed E-state index contributed by atoms with van der Waals surface area (Å²) in [5, 5.41) is 4.09. The zero-order chi connectivity index (χ0) is 16.1. The highest BCUT2D eigenvalue weighted by Gasteiger charge is 2.52. The normalized spacial score (nSPS) is 19.6. The molecule has 0 radical (unpaired) electrons. The van der Waals surface area contributed by atoms with E-state index in [4.69, 9.17) is 14.0 Å². The largest absolute Gasteiger partial charge is 0.496 e. The molecule has 1 fully saturated rings. The topological polar surface area (TPSA) is 75.0 Å². The second-order valence-corrected chi connectivity index (χ2v) is 6.30. The Labute approximate surface area is 128 Å². The molecule has 0 saturated carbocycles. The van der Waals surface area contributed by atoms with E-state index in [2.05, 4.69) is 10.1 Å². The number of hydrogen-bond acceptors (Lipinski definition) is 6. The Morgan fingerprint density at radius 2 is 1.91 bits per heavy atom. The van der Waals surface area contributed by atoms with Gasteiger partial charge in [0.05, 0.1) is 18.3 Å². The molecule has 0 bridgehead atoms. The van der Waals surface area contributed by atoms with Crippen molar-refractivity contribution in [3.8, 4) is 0 Å². The highest BCUT2D eigenvalue weighted by atomic mass is 16.7. The van der Waals surface area contributed by atoms with Gasteiger partial charge in [-0.3, -0.25) is 0 Å². The van der Waals surface area contributed by atoms with Gasteiger partial charge in [-0.05, 0) is 33.8 Å². The van der Waals surface area contributed by atoms with E-state index in [-0.39, 0.29) is 0 Å². The number of nitrogens with zero attached hydrogens (tertiary/aromatic N) is 3. The lowest BCUT2D eigenvalue weighted by atomic mass is 9.79. The van der Waals surface area contributed by atoms with E-state index >= 15 is 0 Å². The van der Waals surface area contributed by atoms with Crippen LogP contribution in [-0.4, -0.2) is 46.0 Å². The molecular weight excluding hydrogens is 285 g/mol. The molecule has 3 heterocycles. The third-order valence-electron chi connectivity index (χ3n) is 4.33. The van der Waals surface area contributed by atoms with Gasteiger partial charge in [-0.25, -0.2) is 14.3 Å². The van der Waals surface area contributed by atoms with Crippen molar-refractivity contribution in [1.29, 1.82) is 0 Å². The second-order valence-electron chi connectivity index (χ2n) is 6.30. The smallest absolute Gasteiger partial charge is 0.465 e. The summed E-state index contributed by atoms with van der Waals surface area (Å²) in [6.45, 7) is 7.90. The number of pyridine rings is 1. The number of esters is 1. The van der Waals surface area contributed by atoms with E-state index in [0.717, 1.165) is 0 Å². The lowest BCUT2D eigenvalue weighted by Gasteiger charge is -2.32. The molecule has 0 atom stereocenters. The monoisotopic (exact) mass is 303 g/mol. The van der Waals surface area contributed by atoms with Gasteiger partial charge < -0.3 is 14.0 Å². The molecule has 116 valence electrons. The van der Waals surface area contributed by atoms with Crippen LogP contribution in [0.5, 0.6) is 0 Å². The van der Waals surface area contributed by atoms with Crippen LogP contribution in [0.25, 0.3) is 5.65 Å². The van der Waals surface area contributed by atoms with Crippen molar-refractivity contribution in [2.45, 2.75) is 38.9 Å². The summed E-state index contributed by atoms with van der Waals surface area (Å²) in [6, 6.07) is 1.68. The SMILES string of the molecule is COC(=O)c1cc(B2OC(C)(C)C(C)(C)O2)cn2ncnc12. The molecule has 0 N–H and O–H groups in total. The molecule has 3 rings (SSSR count). The second kappa shape index (κ2) is 4.79. The highest BCUT2D eigenvalue weighted by Crippen LogP contribution is 2.36. The zero-order valence-electron chi connectivity index (χ0n) is 13.3. The van der Waals surface area contributed by atoms with Crippen molar-refractivity contribution in [2.75, 3.05) is 7.11 Å². The first-order chi connectivity index (χ1) is 10.2. The fourth-order valence-corrected chi connectivity index (χ4v) is 2.32. The van der Waals surface area contributed by atoms with E-state index < -0.39 is 24.3 Å². The quantitative estimate of drug-likeness (QED) is 0.604. The van der Waals surface area contributed by atoms with Crippen LogP contribution in [0.3, 0.4) is 0 Å².